The number of para-hydroxylation sites is 1. The van der Waals surface area contributed by atoms with Crippen molar-refractivity contribution < 1.29 is 18.0 Å². The zero-order valence-electron chi connectivity index (χ0n) is 23.7. The number of nitrogens with zero attached hydrogens (tertiary/aromatic N) is 3. The van der Waals surface area contributed by atoms with Crippen molar-refractivity contribution in [3.8, 4) is 11.3 Å². The zero-order chi connectivity index (χ0) is 29.7. The Morgan fingerprint density at radius 2 is 1.78 bits per heavy atom. The highest BCUT2D eigenvalue weighted by molar-refractivity contribution is 6.21. The molecule has 1 aliphatic rings. The predicted molar refractivity (Wildman–Crippen MR) is 158 cm³/mol. The van der Waals surface area contributed by atoms with Crippen LogP contribution in [0.3, 0.4) is 0 Å². The number of rotatable bonds is 11. The molecule has 218 valence electrons. The minimum absolute atomic E-state index is 0.0848. The normalized spacial score (nSPS) is 13.2. The lowest BCUT2D eigenvalue weighted by atomic mass is 10.0. The van der Waals surface area contributed by atoms with Gasteiger partial charge in [0.15, 0.2) is 0 Å². The van der Waals surface area contributed by atoms with Crippen LogP contribution in [0.5, 0.6) is 0 Å². The number of nitrogens with one attached hydrogen (secondary N) is 3. The summed E-state index contributed by atoms with van der Waals surface area (Å²) in [5, 5.41) is 8.57. The van der Waals surface area contributed by atoms with Crippen LogP contribution in [0, 0.1) is 0 Å². The summed E-state index contributed by atoms with van der Waals surface area (Å²) in [6.45, 7) is 5.07. The number of carbonyl (C=O) groups is 1. The van der Waals surface area contributed by atoms with Crippen LogP contribution >= 0.6 is 0 Å². The van der Waals surface area contributed by atoms with E-state index in [1.54, 1.807) is 19.1 Å². The maximum atomic E-state index is 14.0. The molecule has 4 rings (SSSR count). The van der Waals surface area contributed by atoms with E-state index in [9.17, 15) is 18.0 Å². The van der Waals surface area contributed by atoms with Crippen molar-refractivity contribution in [2.45, 2.75) is 58.7 Å². The van der Waals surface area contributed by atoms with E-state index in [0.717, 1.165) is 25.5 Å². The zero-order valence-corrected chi connectivity index (χ0v) is 23.7. The van der Waals surface area contributed by atoms with Crippen molar-refractivity contribution in [1.29, 1.82) is 0 Å². The first-order chi connectivity index (χ1) is 19.7. The third-order valence-corrected chi connectivity index (χ3v) is 5.97. The molecule has 2 aromatic carbocycles. The topological polar surface area (TPSA) is 91.3 Å². The van der Waals surface area contributed by atoms with Crippen molar-refractivity contribution >= 4 is 23.0 Å². The second-order valence-electron chi connectivity index (χ2n) is 9.56. The lowest BCUT2D eigenvalue weighted by molar-refractivity contribution is -0.137. The van der Waals surface area contributed by atoms with Gasteiger partial charge in [-0.3, -0.25) is 19.8 Å². The summed E-state index contributed by atoms with van der Waals surface area (Å²) in [7, 11) is 1.47. The van der Waals surface area contributed by atoms with Crippen LogP contribution in [0.15, 0.2) is 77.7 Å². The number of carbonyl (C=O) groups excluding carboxylic acids is 1. The van der Waals surface area contributed by atoms with Crippen LogP contribution in [0.1, 0.15) is 57.2 Å². The monoisotopic (exact) mass is 566 g/mol. The molecule has 0 spiro atoms. The number of aromatic nitrogens is 2. The summed E-state index contributed by atoms with van der Waals surface area (Å²) in [6, 6.07) is 12.9. The van der Waals surface area contributed by atoms with E-state index < -0.39 is 17.6 Å². The number of alkyl halides is 3. The van der Waals surface area contributed by atoms with Gasteiger partial charge >= 0.3 is 6.18 Å². The molecule has 1 heterocycles. The van der Waals surface area contributed by atoms with E-state index in [0.29, 0.717) is 23.6 Å². The van der Waals surface area contributed by atoms with Gasteiger partial charge in [-0.2, -0.15) is 13.2 Å². The van der Waals surface area contributed by atoms with E-state index in [1.165, 1.54) is 57.0 Å². The highest BCUT2D eigenvalue weighted by atomic mass is 19.4. The summed E-state index contributed by atoms with van der Waals surface area (Å²) < 4.78 is 42.0. The first-order valence-corrected chi connectivity index (χ1v) is 13.8. The van der Waals surface area contributed by atoms with Crippen LogP contribution < -0.4 is 16.0 Å². The smallest absolute Gasteiger partial charge is 0.361 e. The Morgan fingerprint density at radius 1 is 1.05 bits per heavy atom. The second-order valence-corrected chi connectivity index (χ2v) is 9.56. The Kier molecular flexibility index (Phi) is 12.0. The molecule has 41 heavy (non-hydrogen) atoms. The SMILES string of the molecule is C1CC1.CCCCNCc1cnc(-c2ccc(N/C=C(/C(=O)NC)C(C)=Nc3ccccc3)cc2C(F)(F)F)cn1. The van der Waals surface area contributed by atoms with Crippen LogP contribution in [-0.2, 0) is 17.5 Å². The standard InChI is InChI=1S/C28H31F3N6O.C3H6/c1-4-5-13-33-15-22-16-36-26(18-35-22)23-12-11-21(14-25(23)28(29,30)31)34-17-24(27(38)32-3)19(2)37-20-9-7-6-8-10-20;1-2-3-1/h6-12,14,16-18,33-34H,4-5,13,15H2,1-3H3,(H,32,38);1-3H2/b24-17+,37-19?;. The van der Waals surface area contributed by atoms with Gasteiger partial charge in [0, 0.05) is 31.0 Å². The van der Waals surface area contributed by atoms with E-state index in [4.69, 9.17) is 0 Å². The maximum Gasteiger partial charge on any atom is 0.417 e. The van der Waals surface area contributed by atoms with Crippen molar-refractivity contribution in [1.82, 2.24) is 20.6 Å². The Labute approximate surface area is 239 Å². The van der Waals surface area contributed by atoms with Gasteiger partial charge in [0.25, 0.3) is 5.91 Å². The van der Waals surface area contributed by atoms with E-state index in [-0.39, 0.29) is 22.5 Å². The number of hydrogen-bond donors (Lipinski definition) is 3. The quantitative estimate of drug-likeness (QED) is 0.131. The summed E-state index contributed by atoms with van der Waals surface area (Å²) in [5.74, 6) is -0.429. The number of benzene rings is 2. The number of aliphatic imine (C=N–C) groups is 1. The molecule has 3 aromatic rings. The molecule has 0 saturated heterocycles. The fourth-order valence-electron chi connectivity index (χ4n) is 3.58. The van der Waals surface area contributed by atoms with Gasteiger partial charge in [-0.25, -0.2) is 0 Å². The molecule has 1 aliphatic carbocycles. The minimum atomic E-state index is -4.63. The number of anilines is 1. The molecule has 0 atom stereocenters. The van der Waals surface area contributed by atoms with Gasteiger partial charge in [-0.1, -0.05) is 56.9 Å². The maximum absolute atomic E-state index is 14.0. The molecule has 0 bridgehead atoms. The fourth-order valence-corrected chi connectivity index (χ4v) is 3.58. The fraction of sp³-hybridized carbons (Fsp3) is 0.355. The highest BCUT2D eigenvalue weighted by Gasteiger charge is 2.34. The lowest BCUT2D eigenvalue weighted by Gasteiger charge is -2.15. The van der Waals surface area contributed by atoms with Gasteiger partial charge in [0.1, 0.15) is 0 Å². The van der Waals surface area contributed by atoms with Gasteiger partial charge in [0.05, 0.1) is 46.3 Å². The lowest BCUT2D eigenvalue weighted by Crippen LogP contribution is -2.24. The average Bonchev–Trinajstić information content (AvgIpc) is 3.86. The summed E-state index contributed by atoms with van der Waals surface area (Å²) >= 11 is 0. The molecule has 3 N–H and O–H groups in total. The third-order valence-electron chi connectivity index (χ3n) is 5.97. The minimum Gasteiger partial charge on any atom is -0.361 e. The number of unbranched alkanes of at least 4 members (excludes halogenated alkanes) is 1. The summed E-state index contributed by atoms with van der Waals surface area (Å²) in [4.78, 5) is 25.4. The van der Waals surface area contributed by atoms with Crippen LogP contribution in [0.2, 0.25) is 0 Å². The molecule has 0 aliphatic heterocycles. The summed E-state index contributed by atoms with van der Waals surface area (Å²) in [5.41, 5.74) is 1.20. The molecule has 0 radical (unpaired) electrons. The van der Waals surface area contributed by atoms with Crippen molar-refractivity contribution in [2.24, 2.45) is 4.99 Å². The average molecular weight is 567 g/mol. The Balaban J connectivity index is 0.00000144. The predicted octanol–water partition coefficient (Wildman–Crippen LogP) is 7.06. The van der Waals surface area contributed by atoms with Gasteiger partial charge < -0.3 is 16.0 Å². The third kappa shape index (κ3) is 10.5. The van der Waals surface area contributed by atoms with Crippen LogP contribution in [0.25, 0.3) is 11.3 Å². The van der Waals surface area contributed by atoms with Gasteiger partial charge in [-0.05, 0) is 44.2 Å². The molecule has 1 amide bonds. The van der Waals surface area contributed by atoms with E-state index in [2.05, 4.69) is 37.8 Å². The van der Waals surface area contributed by atoms with E-state index in [1.807, 2.05) is 18.2 Å². The molecule has 1 aromatic heterocycles. The number of halogens is 3. The second kappa shape index (κ2) is 15.7. The first kappa shape index (κ1) is 31.5. The Hall–Kier alpha value is -4.05. The molecular weight excluding hydrogens is 529 g/mol. The number of likely N-dealkylation sites (N-methyl/N-ethyl adjacent to an activating group) is 1. The number of hydrogen-bond acceptors (Lipinski definition) is 6. The van der Waals surface area contributed by atoms with Crippen molar-refractivity contribution in [2.75, 3.05) is 18.9 Å². The highest BCUT2D eigenvalue weighted by Crippen LogP contribution is 2.38. The molecular formula is C31H37F3N6O. The molecule has 1 fully saturated rings. The van der Waals surface area contributed by atoms with Crippen LogP contribution in [0.4, 0.5) is 24.5 Å². The molecule has 0 unspecified atom stereocenters. The van der Waals surface area contributed by atoms with E-state index >= 15 is 0 Å². The summed E-state index contributed by atoms with van der Waals surface area (Å²) in [6.07, 6.45) is 6.13. The van der Waals surface area contributed by atoms with Gasteiger partial charge in [-0.15, -0.1) is 0 Å². The van der Waals surface area contributed by atoms with Crippen LogP contribution in [-0.4, -0.2) is 35.2 Å². The molecule has 7 nitrogen and oxygen atoms in total. The van der Waals surface area contributed by atoms with Crippen molar-refractivity contribution in [3.63, 3.8) is 0 Å². The Bertz CT molecular complexity index is 1320. The molecule has 1 saturated carbocycles. The largest absolute Gasteiger partial charge is 0.417 e. The molecule has 10 heteroatoms. The number of amides is 1. The van der Waals surface area contributed by atoms with Gasteiger partial charge in [0.2, 0.25) is 0 Å². The first-order valence-electron chi connectivity index (χ1n) is 13.8. The Morgan fingerprint density at radius 3 is 2.37 bits per heavy atom. The van der Waals surface area contributed by atoms with Crippen molar-refractivity contribution in [3.05, 3.63) is 84.0 Å².